The van der Waals surface area contributed by atoms with Crippen molar-refractivity contribution in [2.75, 3.05) is 10.6 Å². The molecule has 1 atom stereocenters. The average molecular weight is 511 g/mol. The largest absolute Gasteiger partial charge is 0.417 e. The predicted octanol–water partition coefficient (Wildman–Crippen LogP) is 3.84. The molecule has 0 fully saturated rings. The molecule has 3 aromatic rings. The van der Waals surface area contributed by atoms with E-state index in [1.165, 1.54) is 12.3 Å². The Morgan fingerprint density at radius 1 is 1.21 bits per heavy atom. The number of benzene rings is 1. The Morgan fingerprint density at radius 2 is 1.97 bits per heavy atom. The van der Waals surface area contributed by atoms with Crippen molar-refractivity contribution in [3.05, 3.63) is 62.5 Å². The average Bonchev–Trinajstić information content (AvgIpc) is 3.40. The van der Waals surface area contributed by atoms with Gasteiger partial charge in [0, 0.05) is 11.3 Å². The summed E-state index contributed by atoms with van der Waals surface area (Å²) >= 11 is 6.55. The van der Waals surface area contributed by atoms with E-state index in [-0.39, 0.29) is 34.4 Å². The van der Waals surface area contributed by atoms with Gasteiger partial charge in [0.05, 0.1) is 29.2 Å². The number of rotatable bonds is 5. The standard InChI is InChI=1S/C20H14ClF3N6O3S/c1-8(28-18(33)15-10-5-14(31)30-16(10)27-7-26-15)19-25-6-13(34-19)17(32)29-9-2-3-12(21)11(4-9)20(22,23)24/h2-4,6-8H,5H2,1H3,(H,28,33)(H,29,32)(H,26,27,30,31)/t8-/m1/s1. The Morgan fingerprint density at radius 3 is 2.71 bits per heavy atom. The molecule has 14 heteroatoms. The zero-order chi connectivity index (χ0) is 24.6. The third-order valence-electron chi connectivity index (χ3n) is 4.75. The second-order valence-corrected chi connectivity index (χ2v) is 8.65. The minimum absolute atomic E-state index is 0.0182. The summed E-state index contributed by atoms with van der Waals surface area (Å²) in [5.74, 6) is -1.24. The summed E-state index contributed by atoms with van der Waals surface area (Å²) in [5.41, 5.74) is -0.717. The Hall–Kier alpha value is -3.58. The van der Waals surface area contributed by atoms with Gasteiger partial charge in [0.2, 0.25) is 5.91 Å². The molecule has 1 aliphatic heterocycles. The molecule has 4 rings (SSSR count). The second kappa shape index (κ2) is 8.99. The SMILES string of the molecule is C[C@@H](NC(=O)c1ncnc2c1CC(=O)N2)c1ncc(C(=O)Nc2ccc(Cl)c(C(F)(F)F)c2)s1. The first-order valence-corrected chi connectivity index (χ1v) is 10.8. The summed E-state index contributed by atoms with van der Waals surface area (Å²) in [6.07, 6.45) is -2.27. The minimum atomic E-state index is -4.67. The second-order valence-electron chi connectivity index (χ2n) is 7.18. The monoisotopic (exact) mass is 510 g/mol. The van der Waals surface area contributed by atoms with E-state index in [9.17, 15) is 27.6 Å². The number of carbonyl (C=O) groups excluding carboxylic acids is 3. The van der Waals surface area contributed by atoms with Crippen molar-refractivity contribution in [3.63, 3.8) is 0 Å². The summed E-state index contributed by atoms with van der Waals surface area (Å²) in [4.78, 5) is 48.9. The van der Waals surface area contributed by atoms with Crippen LogP contribution in [-0.4, -0.2) is 32.7 Å². The number of hydrogen-bond donors (Lipinski definition) is 3. The van der Waals surface area contributed by atoms with Gasteiger partial charge >= 0.3 is 6.18 Å². The lowest BCUT2D eigenvalue weighted by Crippen LogP contribution is -2.28. The summed E-state index contributed by atoms with van der Waals surface area (Å²) in [6.45, 7) is 1.64. The van der Waals surface area contributed by atoms with Crippen molar-refractivity contribution in [1.29, 1.82) is 0 Å². The Labute approximate surface area is 198 Å². The molecule has 176 valence electrons. The number of carbonyl (C=O) groups is 3. The summed E-state index contributed by atoms with van der Waals surface area (Å²) in [5, 5.41) is 7.51. The third-order valence-corrected chi connectivity index (χ3v) is 6.26. The molecule has 3 N–H and O–H groups in total. The number of aromatic nitrogens is 3. The maximum Gasteiger partial charge on any atom is 0.417 e. The van der Waals surface area contributed by atoms with Gasteiger partial charge in [0.1, 0.15) is 27.7 Å². The van der Waals surface area contributed by atoms with Crippen molar-refractivity contribution < 1.29 is 27.6 Å². The van der Waals surface area contributed by atoms with Crippen LogP contribution < -0.4 is 16.0 Å². The number of thiazole rings is 1. The van der Waals surface area contributed by atoms with Crippen LogP contribution in [0.3, 0.4) is 0 Å². The van der Waals surface area contributed by atoms with Crippen LogP contribution in [0.2, 0.25) is 5.02 Å². The Balaban J connectivity index is 1.44. The van der Waals surface area contributed by atoms with E-state index in [2.05, 4.69) is 30.9 Å². The molecule has 0 saturated heterocycles. The molecular weight excluding hydrogens is 497 g/mol. The van der Waals surface area contributed by atoms with Gasteiger partial charge in [0.15, 0.2) is 0 Å². The lowest BCUT2D eigenvalue weighted by Gasteiger charge is -2.12. The Kier molecular flexibility index (Phi) is 6.23. The highest BCUT2D eigenvalue weighted by Gasteiger charge is 2.33. The van der Waals surface area contributed by atoms with Gasteiger partial charge in [-0.3, -0.25) is 14.4 Å². The van der Waals surface area contributed by atoms with E-state index in [4.69, 9.17) is 11.6 Å². The van der Waals surface area contributed by atoms with Gasteiger partial charge in [-0.1, -0.05) is 11.6 Å². The predicted molar refractivity (Wildman–Crippen MR) is 117 cm³/mol. The number of nitrogens with zero attached hydrogens (tertiary/aromatic N) is 3. The molecule has 0 spiro atoms. The van der Waals surface area contributed by atoms with Crippen LogP contribution in [0, 0.1) is 0 Å². The van der Waals surface area contributed by atoms with Gasteiger partial charge in [-0.25, -0.2) is 15.0 Å². The van der Waals surface area contributed by atoms with Crippen LogP contribution in [0.25, 0.3) is 0 Å². The number of anilines is 2. The van der Waals surface area contributed by atoms with Crippen LogP contribution in [0.4, 0.5) is 24.7 Å². The quantitative estimate of drug-likeness (QED) is 0.479. The molecule has 34 heavy (non-hydrogen) atoms. The third kappa shape index (κ3) is 4.84. The van der Waals surface area contributed by atoms with Gasteiger partial charge in [0.25, 0.3) is 11.8 Å². The summed E-state index contributed by atoms with van der Waals surface area (Å²) < 4.78 is 39.1. The lowest BCUT2D eigenvalue weighted by atomic mass is 10.1. The molecule has 9 nitrogen and oxygen atoms in total. The van der Waals surface area contributed by atoms with Crippen LogP contribution in [0.15, 0.2) is 30.7 Å². The normalized spacial score (nSPS) is 13.7. The zero-order valence-corrected chi connectivity index (χ0v) is 18.7. The lowest BCUT2D eigenvalue weighted by molar-refractivity contribution is -0.137. The van der Waals surface area contributed by atoms with Crippen LogP contribution in [-0.2, 0) is 17.4 Å². The van der Waals surface area contributed by atoms with E-state index >= 15 is 0 Å². The van der Waals surface area contributed by atoms with E-state index in [1.807, 2.05) is 0 Å². The number of halogens is 4. The number of amides is 3. The molecule has 2 aromatic heterocycles. The molecule has 0 radical (unpaired) electrons. The highest BCUT2D eigenvalue weighted by Crippen LogP contribution is 2.36. The molecule has 0 unspecified atom stereocenters. The van der Waals surface area contributed by atoms with E-state index in [0.29, 0.717) is 10.6 Å². The van der Waals surface area contributed by atoms with Crippen molar-refractivity contribution in [2.24, 2.45) is 0 Å². The molecule has 0 aliphatic carbocycles. The van der Waals surface area contributed by atoms with Gasteiger partial charge in [-0.2, -0.15) is 13.2 Å². The van der Waals surface area contributed by atoms with Crippen LogP contribution in [0.1, 0.15) is 49.3 Å². The fourth-order valence-electron chi connectivity index (χ4n) is 3.15. The van der Waals surface area contributed by atoms with E-state index in [1.54, 1.807) is 6.92 Å². The van der Waals surface area contributed by atoms with E-state index < -0.39 is 34.6 Å². The molecule has 0 bridgehead atoms. The maximum absolute atomic E-state index is 13.0. The zero-order valence-electron chi connectivity index (χ0n) is 17.2. The fraction of sp³-hybridized carbons (Fsp3) is 0.200. The van der Waals surface area contributed by atoms with Gasteiger partial charge in [-0.15, -0.1) is 11.3 Å². The first-order valence-electron chi connectivity index (χ1n) is 9.61. The minimum Gasteiger partial charge on any atom is -0.342 e. The highest BCUT2D eigenvalue weighted by atomic mass is 35.5. The molecular formula is C20H14ClF3N6O3S. The smallest absolute Gasteiger partial charge is 0.342 e. The van der Waals surface area contributed by atoms with Crippen LogP contribution in [0.5, 0.6) is 0 Å². The summed E-state index contributed by atoms with van der Waals surface area (Å²) in [7, 11) is 0. The fourth-order valence-corrected chi connectivity index (χ4v) is 4.19. The van der Waals surface area contributed by atoms with Crippen molar-refractivity contribution in [3.8, 4) is 0 Å². The number of alkyl halides is 3. The van der Waals surface area contributed by atoms with E-state index in [0.717, 1.165) is 29.8 Å². The maximum atomic E-state index is 13.0. The number of fused-ring (bicyclic) bond motifs is 1. The number of hydrogen-bond acceptors (Lipinski definition) is 7. The Bertz CT molecular complexity index is 1310. The van der Waals surface area contributed by atoms with Crippen molar-refractivity contribution in [1.82, 2.24) is 20.3 Å². The summed E-state index contributed by atoms with van der Waals surface area (Å²) in [6, 6.07) is 2.41. The topological polar surface area (TPSA) is 126 Å². The molecule has 1 aromatic carbocycles. The first-order chi connectivity index (χ1) is 16.0. The van der Waals surface area contributed by atoms with Gasteiger partial charge < -0.3 is 16.0 Å². The van der Waals surface area contributed by atoms with Crippen LogP contribution >= 0.6 is 22.9 Å². The molecule has 3 amide bonds. The highest BCUT2D eigenvalue weighted by molar-refractivity contribution is 7.13. The first kappa shape index (κ1) is 23.6. The van der Waals surface area contributed by atoms with Gasteiger partial charge in [-0.05, 0) is 25.1 Å². The molecule has 0 saturated carbocycles. The van der Waals surface area contributed by atoms with Crippen molar-refractivity contribution >= 4 is 52.2 Å². The van der Waals surface area contributed by atoms with Crippen molar-refractivity contribution in [2.45, 2.75) is 25.6 Å². The number of nitrogens with one attached hydrogen (secondary N) is 3. The molecule has 1 aliphatic rings. The molecule has 3 heterocycles.